The Hall–Kier alpha value is -2.56. The molecule has 1 saturated heterocycles. The summed E-state index contributed by atoms with van der Waals surface area (Å²) >= 11 is 1.31. The van der Waals surface area contributed by atoms with Crippen molar-refractivity contribution in [2.75, 3.05) is 29.8 Å². The van der Waals surface area contributed by atoms with Crippen molar-refractivity contribution < 1.29 is 12.8 Å². The van der Waals surface area contributed by atoms with Crippen LogP contribution in [0.3, 0.4) is 0 Å². The van der Waals surface area contributed by atoms with Crippen molar-refractivity contribution in [3.8, 4) is 0 Å². The van der Waals surface area contributed by atoms with Crippen LogP contribution >= 0.6 is 11.3 Å². The maximum Gasteiger partial charge on any atom is 0.280 e. The number of nitrogens with zero attached hydrogens (tertiary/aromatic N) is 4. The van der Waals surface area contributed by atoms with Crippen LogP contribution in [0.25, 0.3) is 0 Å². The highest BCUT2D eigenvalue weighted by Crippen LogP contribution is 2.27. The van der Waals surface area contributed by atoms with Crippen molar-refractivity contribution in [3.63, 3.8) is 0 Å². The zero-order chi connectivity index (χ0) is 22.0. The van der Waals surface area contributed by atoms with Crippen LogP contribution in [-0.4, -0.2) is 49.5 Å². The van der Waals surface area contributed by atoms with E-state index in [2.05, 4.69) is 24.5 Å². The van der Waals surface area contributed by atoms with E-state index in [9.17, 15) is 12.8 Å². The Morgan fingerprint density at radius 1 is 1.32 bits per heavy atom. The second kappa shape index (κ2) is 8.89. The van der Waals surface area contributed by atoms with E-state index in [1.54, 1.807) is 35.3 Å². The van der Waals surface area contributed by atoms with Crippen LogP contribution in [0.1, 0.15) is 17.5 Å². The Bertz CT molecular complexity index is 1150. The topological polar surface area (TPSA) is 78.4 Å². The molecule has 164 valence electrons. The monoisotopic (exact) mass is 461 g/mol. The number of rotatable bonds is 7. The van der Waals surface area contributed by atoms with Crippen LogP contribution in [0, 0.1) is 12.7 Å². The highest BCUT2D eigenvalue weighted by molar-refractivity contribution is 7.92. The van der Waals surface area contributed by atoms with Gasteiger partial charge in [-0.05, 0) is 42.7 Å². The van der Waals surface area contributed by atoms with Gasteiger partial charge in [0.15, 0.2) is 10.8 Å². The average molecular weight is 462 g/mol. The number of aromatic nitrogens is 2. The number of anilines is 2. The van der Waals surface area contributed by atoms with Crippen LogP contribution in [-0.2, 0) is 16.6 Å². The predicted octanol–water partition coefficient (Wildman–Crippen LogP) is 3.50. The van der Waals surface area contributed by atoms with Gasteiger partial charge in [0.25, 0.3) is 10.0 Å². The van der Waals surface area contributed by atoms with Gasteiger partial charge < -0.3 is 4.90 Å². The van der Waals surface area contributed by atoms with Crippen molar-refractivity contribution in [1.29, 1.82) is 0 Å². The summed E-state index contributed by atoms with van der Waals surface area (Å²) in [6, 6.07) is 8.55. The summed E-state index contributed by atoms with van der Waals surface area (Å²) in [4.78, 5) is 12.6. The minimum atomic E-state index is -3.79. The Balaban J connectivity index is 1.43. The maximum atomic E-state index is 13.4. The standard InChI is InChI=1S/C21H24FN5O2S2/c1-15-8-21(31(28,29)25-20-13-30-14-24-20)23-10-19(15)26(2)18-6-7-27(12-18)11-16-4-3-5-17(22)9-16/h3-5,8-10,13-14,18,25H,6-7,11-12H2,1-2H3/t18-/m0/s1. The molecule has 3 aromatic rings. The van der Waals surface area contributed by atoms with E-state index in [0.717, 1.165) is 36.3 Å². The fourth-order valence-corrected chi connectivity index (χ4v) is 5.43. The van der Waals surface area contributed by atoms with Crippen molar-refractivity contribution in [1.82, 2.24) is 14.9 Å². The molecule has 0 spiro atoms. The van der Waals surface area contributed by atoms with E-state index in [1.807, 2.05) is 20.0 Å². The molecule has 0 unspecified atom stereocenters. The van der Waals surface area contributed by atoms with E-state index < -0.39 is 10.0 Å². The number of nitrogens with one attached hydrogen (secondary N) is 1. The van der Waals surface area contributed by atoms with Crippen LogP contribution in [0.15, 0.2) is 52.4 Å². The minimum absolute atomic E-state index is 0.0331. The first-order valence-corrected chi connectivity index (χ1v) is 12.3. The number of pyridine rings is 1. The molecule has 2 aromatic heterocycles. The van der Waals surface area contributed by atoms with Crippen molar-refractivity contribution in [3.05, 3.63) is 64.4 Å². The van der Waals surface area contributed by atoms with E-state index in [1.165, 1.54) is 17.4 Å². The van der Waals surface area contributed by atoms with Gasteiger partial charge in [-0.15, -0.1) is 11.3 Å². The lowest BCUT2D eigenvalue weighted by Gasteiger charge is -2.28. The summed E-state index contributed by atoms with van der Waals surface area (Å²) in [6.45, 7) is 4.35. The van der Waals surface area contributed by atoms with Crippen LogP contribution in [0.5, 0.6) is 0 Å². The molecule has 1 aromatic carbocycles. The second-order valence-corrected chi connectivity index (χ2v) is 10.1. The Labute approximate surface area is 185 Å². The summed E-state index contributed by atoms with van der Waals surface area (Å²) < 4.78 is 41.0. The largest absolute Gasteiger partial charge is 0.369 e. The first-order valence-electron chi connectivity index (χ1n) is 9.89. The predicted molar refractivity (Wildman–Crippen MR) is 120 cm³/mol. The van der Waals surface area contributed by atoms with Gasteiger partial charge in [-0.3, -0.25) is 9.62 Å². The molecule has 1 atom stereocenters. The van der Waals surface area contributed by atoms with Gasteiger partial charge in [0.1, 0.15) is 5.82 Å². The zero-order valence-corrected chi connectivity index (χ0v) is 19.0. The Kier molecular flexibility index (Phi) is 6.22. The number of thiazole rings is 1. The summed E-state index contributed by atoms with van der Waals surface area (Å²) in [7, 11) is -1.79. The highest BCUT2D eigenvalue weighted by Gasteiger charge is 2.27. The van der Waals surface area contributed by atoms with E-state index in [-0.39, 0.29) is 22.7 Å². The fraction of sp³-hybridized carbons (Fsp3) is 0.333. The quantitative estimate of drug-likeness (QED) is 0.580. The molecule has 3 heterocycles. The molecule has 1 aliphatic heterocycles. The van der Waals surface area contributed by atoms with Gasteiger partial charge in [-0.1, -0.05) is 12.1 Å². The van der Waals surface area contributed by atoms with Gasteiger partial charge in [-0.25, -0.2) is 14.4 Å². The molecular formula is C21H24FN5O2S2. The molecule has 1 aliphatic rings. The smallest absolute Gasteiger partial charge is 0.280 e. The van der Waals surface area contributed by atoms with E-state index in [0.29, 0.717) is 6.54 Å². The van der Waals surface area contributed by atoms with Crippen LogP contribution < -0.4 is 9.62 Å². The number of likely N-dealkylation sites (N-methyl/N-ethyl adjacent to an activating group) is 1. The molecule has 1 N–H and O–H groups in total. The van der Waals surface area contributed by atoms with Crippen molar-refractivity contribution in [2.45, 2.75) is 31.0 Å². The normalized spacial score (nSPS) is 17.1. The molecule has 0 bridgehead atoms. The number of halogens is 1. The molecular weight excluding hydrogens is 437 g/mol. The van der Waals surface area contributed by atoms with Gasteiger partial charge in [0.05, 0.1) is 17.4 Å². The molecule has 31 heavy (non-hydrogen) atoms. The Morgan fingerprint density at radius 3 is 2.87 bits per heavy atom. The van der Waals surface area contributed by atoms with Crippen LogP contribution in [0.4, 0.5) is 15.9 Å². The number of benzene rings is 1. The maximum absolute atomic E-state index is 13.4. The number of hydrogen-bond acceptors (Lipinski definition) is 7. The second-order valence-electron chi connectivity index (χ2n) is 7.71. The average Bonchev–Trinajstić information content (AvgIpc) is 3.39. The van der Waals surface area contributed by atoms with Crippen LogP contribution in [0.2, 0.25) is 0 Å². The first-order chi connectivity index (χ1) is 14.8. The molecule has 4 rings (SSSR count). The number of sulfonamides is 1. The third-order valence-corrected chi connectivity index (χ3v) is 7.31. The van der Waals surface area contributed by atoms with Gasteiger partial charge in [0.2, 0.25) is 0 Å². The van der Waals surface area contributed by atoms with Crippen molar-refractivity contribution >= 4 is 32.9 Å². The number of likely N-dealkylation sites (tertiary alicyclic amines) is 1. The lowest BCUT2D eigenvalue weighted by atomic mass is 10.1. The molecule has 0 saturated carbocycles. The molecule has 10 heteroatoms. The third kappa shape index (κ3) is 5.03. The van der Waals surface area contributed by atoms with Gasteiger partial charge in [0, 0.05) is 38.1 Å². The lowest BCUT2D eigenvalue weighted by molar-refractivity contribution is 0.325. The van der Waals surface area contributed by atoms with Crippen molar-refractivity contribution in [2.24, 2.45) is 0 Å². The summed E-state index contributed by atoms with van der Waals surface area (Å²) in [5, 5.41) is 1.59. The molecule has 0 radical (unpaired) electrons. The molecule has 0 aliphatic carbocycles. The molecule has 7 nitrogen and oxygen atoms in total. The molecule has 1 fully saturated rings. The van der Waals surface area contributed by atoms with E-state index >= 15 is 0 Å². The SMILES string of the molecule is Cc1cc(S(=O)(=O)Nc2cscn2)ncc1N(C)[C@H]1CCN(Cc2cccc(F)c2)C1. The van der Waals surface area contributed by atoms with Gasteiger partial charge in [-0.2, -0.15) is 8.42 Å². The first kappa shape index (κ1) is 21.7. The highest BCUT2D eigenvalue weighted by atomic mass is 32.2. The summed E-state index contributed by atoms with van der Waals surface area (Å²) in [5.74, 6) is 0.0707. The zero-order valence-electron chi connectivity index (χ0n) is 17.3. The summed E-state index contributed by atoms with van der Waals surface area (Å²) in [5.41, 5.74) is 4.25. The number of hydrogen-bond donors (Lipinski definition) is 1. The lowest BCUT2D eigenvalue weighted by Crippen LogP contribution is -2.35. The fourth-order valence-electron chi connectivity index (χ4n) is 3.85. The molecule has 0 amide bonds. The van der Waals surface area contributed by atoms with Gasteiger partial charge >= 0.3 is 0 Å². The Morgan fingerprint density at radius 2 is 2.16 bits per heavy atom. The third-order valence-electron chi connectivity index (χ3n) is 5.48. The van der Waals surface area contributed by atoms with E-state index in [4.69, 9.17) is 0 Å². The minimum Gasteiger partial charge on any atom is -0.369 e. The number of aryl methyl sites for hydroxylation is 1. The summed E-state index contributed by atoms with van der Waals surface area (Å²) in [6.07, 6.45) is 2.58.